The molecule has 0 aromatic carbocycles. The minimum absolute atomic E-state index is 0.213. The smallest absolute Gasteiger partial charge is 0.00967 e. The molecule has 0 aliphatic carbocycles. The Morgan fingerprint density at radius 1 is 1.06 bits per heavy atom. The largest absolute Gasteiger partial charge is 0.311 e. The molecule has 0 spiro atoms. The maximum atomic E-state index is 3.62. The zero-order valence-electron chi connectivity index (χ0n) is 13.4. The monoisotopic (exact) mass is 242 g/mol. The van der Waals surface area contributed by atoms with E-state index in [2.05, 4.69) is 65.6 Å². The number of rotatable bonds is 7. The summed E-state index contributed by atoms with van der Waals surface area (Å²) in [6.07, 6.45) is 1.24. The van der Waals surface area contributed by atoms with Crippen molar-refractivity contribution in [3.05, 3.63) is 0 Å². The molecule has 0 heterocycles. The second-order valence-electron chi connectivity index (χ2n) is 7.33. The lowest BCUT2D eigenvalue weighted by Gasteiger charge is -2.37. The van der Waals surface area contributed by atoms with Crippen molar-refractivity contribution in [2.24, 2.45) is 5.41 Å². The van der Waals surface area contributed by atoms with Gasteiger partial charge < -0.3 is 10.2 Å². The molecule has 0 aromatic rings. The minimum Gasteiger partial charge on any atom is -0.311 e. The van der Waals surface area contributed by atoms with Gasteiger partial charge >= 0.3 is 0 Å². The van der Waals surface area contributed by atoms with Crippen LogP contribution < -0.4 is 5.32 Å². The summed E-state index contributed by atoms with van der Waals surface area (Å²) in [7, 11) is 0. The van der Waals surface area contributed by atoms with Crippen LogP contribution in [0.1, 0.15) is 61.8 Å². The van der Waals surface area contributed by atoms with E-state index in [1.54, 1.807) is 0 Å². The van der Waals surface area contributed by atoms with Gasteiger partial charge in [-0.15, -0.1) is 0 Å². The standard InChI is InChI=1S/C15H34N2/c1-9-10-17(13(2)3)12-15(7,8)11-16-14(4,5)6/h13,16H,9-12H2,1-8H3. The predicted octanol–water partition coefficient (Wildman–Crippen LogP) is 3.52. The molecule has 0 fully saturated rings. The lowest BCUT2D eigenvalue weighted by molar-refractivity contribution is 0.136. The van der Waals surface area contributed by atoms with Crippen LogP contribution in [0.2, 0.25) is 0 Å². The highest BCUT2D eigenvalue weighted by atomic mass is 15.2. The van der Waals surface area contributed by atoms with Crippen molar-refractivity contribution in [1.29, 1.82) is 0 Å². The van der Waals surface area contributed by atoms with Crippen molar-refractivity contribution >= 4 is 0 Å². The molecule has 104 valence electrons. The molecule has 2 heteroatoms. The molecule has 0 unspecified atom stereocenters. The Balaban J connectivity index is 4.29. The highest BCUT2D eigenvalue weighted by Gasteiger charge is 2.24. The number of nitrogens with one attached hydrogen (secondary N) is 1. The van der Waals surface area contributed by atoms with E-state index in [0.29, 0.717) is 11.5 Å². The van der Waals surface area contributed by atoms with Crippen molar-refractivity contribution in [3.63, 3.8) is 0 Å². The van der Waals surface area contributed by atoms with E-state index in [-0.39, 0.29) is 5.54 Å². The first-order valence-corrected chi connectivity index (χ1v) is 7.06. The number of nitrogens with zero attached hydrogens (tertiary/aromatic N) is 1. The lowest BCUT2D eigenvalue weighted by atomic mass is 9.90. The number of hydrogen-bond acceptors (Lipinski definition) is 2. The average Bonchev–Trinajstić information content (AvgIpc) is 2.13. The van der Waals surface area contributed by atoms with Crippen molar-refractivity contribution < 1.29 is 0 Å². The summed E-state index contributed by atoms with van der Waals surface area (Å²) in [4.78, 5) is 2.59. The molecule has 0 saturated carbocycles. The van der Waals surface area contributed by atoms with Gasteiger partial charge in [-0.1, -0.05) is 20.8 Å². The van der Waals surface area contributed by atoms with Crippen LogP contribution in [0, 0.1) is 5.41 Å². The molecule has 0 aliphatic heterocycles. The SMILES string of the molecule is CCCN(CC(C)(C)CNC(C)(C)C)C(C)C. The van der Waals surface area contributed by atoms with Gasteiger partial charge in [-0.05, 0) is 53.0 Å². The van der Waals surface area contributed by atoms with Crippen molar-refractivity contribution in [3.8, 4) is 0 Å². The topological polar surface area (TPSA) is 15.3 Å². The van der Waals surface area contributed by atoms with Crippen LogP contribution in [-0.4, -0.2) is 36.1 Å². The molecule has 0 amide bonds. The van der Waals surface area contributed by atoms with Crippen LogP contribution in [0.15, 0.2) is 0 Å². The maximum absolute atomic E-state index is 3.62. The summed E-state index contributed by atoms with van der Waals surface area (Å²) in [5, 5.41) is 3.62. The Bertz CT molecular complexity index is 201. The van der Waals surface area contributed by atoms with Gasteiger partial charge in [-0.25, -0.2) is 0 Å². The van der Waals surface area contributed by atoms with E-state index >= 15 is 0 Å². The van der Waals surface area contributed by atoms with Crippen LogP contribution in [0.4, 0.5) is 0 Å². The molecule has 1 N–H and O–H groups in total. The summed E-state index contributed by atoms with van der Waals surface area (Å²) in [6, 6.07) is 0.642. The van der Waals surface area contributed by atoms with E-state index in [4.69, 9.17) is 0 Å². The Morgan fingerprint density at radius 2 is 1.59 bits per heavy atom. The van der Waals surface area contributed by atoms with Crippen LogP contribution in [0.3, 0.4) is 0 Å². The van der Waals surface area contributed by atoms with E-state index in [0.717, 1.165) is 6.54 Å². The fraction of sp³-hybridized carbons (Fsp3) is 1.00. The van der Waals surface area contributed by atoms with Crippen LogP contribution in [0.25, 0.3) is 0 Å². The predicted molar refractivity (Wildman–Crippen MR) is 78.5 cm³/mol. The van der Waals surface area contributed by atoms with Gasteiger partial charge in [0.25, 0.3) is 0 Å². The van der Waals surface area contributed by atoms with E-state index in [9.17, 15) is 0 Å². The highest BCUT2D eigenvalue weighted by Crippen LogP contribution is 2.19. The summed E-state index contributed by atoms with van der Waals surface area (Å²) in [5.74, 6) is 0. The van der Waals surface area contributed by atoms with E-state index < -0.39 is 0 Å². The Labute approximate surface area is 109 Å². The molecular formula is C15H34N2. The molecule has 0 atom stereocenters. The first kappa shape index (κ1) is 16.9. The van der Waals surface area contributed by atoms with Gasteiger partial charge in [0, 0.05) is 24.7 Å². The summed E-state index contributed by atoms with van der Waals surface area (Å²) in [5.41, 5.74) is 0.539. The average molecular weight is 242 g/mol. The highest BCUT2D eigenvalue weighted by molar-refractivity contribution is 4.81. The zero-order chi connectivity index (χ0) is 13.7. The van der Waals surface area contributed by atoms with Crippen LogP contribution in [0.5, 0.6) is 0 Å². The lowest BCUT2D eigenvalue weighted by Crippen LogP contribution is -2.47. The van der Waals surface area contributed by atoms with E-state index in [1.807, 2.05) is 0 Å². The molecule has 2 nitrogen and oxygen atoms in total. The van der Waals surface area contributed by atoms with E-state index in [1.165, 1.54) is 19.5 Å². The summed E-state index contributed by atoms with van der Waals surface area (Å²) in [6.45, 7) is 21.7. The second-order valence-corrected chi connectivity index (χ2v) is 7.33. The first-order valence-electron chi connectivity index (χ1n) is 7.06. The fourth-order valence-electron chi connectivity index (χ4n) is 1.92. The fourth-order valence-corrected chi connectivity index (χ4v) is 1.92. The first-order chi connectivity index (χ1) is 7.57. The Morgan fingerprint density at radius 3 is 1.94 bits per heavy atom. The number of hydrogen-bond donors (Lipinski definition) is 1. The molecule has 0 rings (SSSR count). The van der Waals surface area contributed by atoms with Gasteiger partial charge in [0.15, 0.2) is 0 Å². The van der Waals surface area contributed by atoms with Crippen molar-refractivity contribution in [1.82, 2.24) is 10.2 Å². The molecule has 0 radical (unpaired) electrons. The molecule has 17 heavy (non-hydrogen) atoms. The molecule has 0 saturated heterocycles. The van der Waals surface area contributed by atoms with Crippen LogP contribution in [-0.2, 0) is 0 Å². The van der Waals surface area contributed by atoms with Gasteiger partial charge in [0.05, 0.1) is 0 Å². The van der Waals surface area contributed by atoms with Crippen molar-refractivity contribution in [2.45, 2.75) is 73.4 Å². The summed E-state index contributed by atoms with van der Waals surface area (Å²) < 4.78 is 0. The molecular weight excluding hydrogens is 208 g/mol. The maximum Gasteiger partial charge on any atom is 0.00967 e. The molecule has 0 aromatic heterocycles. The zero-order valence-corrected chi connectivity index (χ0v) is 13.4. The van der Waals surface area contributed by atoms with Gasteiger partial charge in [-0.3, -0.25) is 0 Å². The van der Waals surface area contributed by atoms with Crippen molar-refractivity contribution in [2.75, 3.05) is 19.6 Å². The van der Waals surface area contributed by atoms with Gasteiger partial charge in [0.1, 0.15) is 0 Å². The minimum atomic E-state index is 0.213. The quantitative estimate of drug-likeness (QED) is 0.735. The van der Waals surface area contributed by atoms with Gasteiger partial charge in [-0.2, -0.15) is 0 Å². The van der Waals surface area contributed by atoms with Crippen LogP contribution >= 0.6 is 0 Å². The third kappa shape index (κ3) is 8.62. The molecule has 0 aliphatic rings. The Hall–Kier alpha value is -0.0800. The summed E-state index contributed by atoms with van der Waals surface area (Å²) >= 11 is 0. The Kier molecular flexibility index (Phi) is 6.71. The second kappa shape index (κ2) is 6.75. The third-order valence-corrected chi connectivity index (χ3v) is 2.97. The third-order valence-electron chi connectivity index (χ3n) is 2.97. The normalized spacial score (nSPS) is 13.8. The van der Waals surface area contributed by atoms with Gasteiger partial charge in [0.2, 0.25) is 0 Å². The molecule has 0 bridgehead atoms.